The van der Waals surface area contributed by atoms with Crippen molar-refractivity contribution in [3.05, 3.63) is 58.5 Å². The van der Waals surface area contributed by atoms with Crippen LogP contribution in [0.5, 0.6) is 11.5 Å². The summed E-state index contributed by atoms with van der Waals surface area (Å²) < 4.78 is 12.3. The van der Waals surface area contributed by atoms with Crippen LogP contribution < -0.4 is 20.3 Å². The summed E-state index contributed by atoms with van der Waals surface area (Å²) in [5, 5.41) is 2.81. The van der Waals surface area contributed by atoms with E-state index < -0.39 is 0 Å². The molecule has 0 unspecified atom stereocenters. The largest absolute Gasteiger partial charge is 0.497 e. The number of nitrogens with zero attached hydrogens (tertiary/aromatic N) is 1. The Hall–Kier alpha value is -2.76. The molecule has 2 rings (SSSR count). The maximum atomic E-state index is 11.8. The van der Waals surface area contributed by atoms with Gasteiger partial charge >= 0.3 is 0 Å². The quantitative estimate of drug-likeness (QED) is 0.708. The van der Waals surface area contributed by atoms with Crippen LogP contribution in [0.15, 0.2) is 47.3 Å². The van der Waals surface area contributed by atoms with E-state index in [4.69, 9.17) is 9.47 Å². The average molecular weight is 344 g/mol. The summed E-state index contributed by atoms with van der Waals surface area (Å²) in [5.41, 5.74) is 0.957. The Morgan fingerprint density at radius 1 is 1.12 bits per heavy atom. The number of hydrogen-bond acceptors (Lipinski definition) is 4. The van der Waals surface area contributed by atoms with Gasteiger partial charge in [-0.2, -0.15) is 0 Å². The lowest BCUT2D eigenvalue weighted by Gasteiger charge is -2.10. The number of pyridine rings is 1. The van der Waals surface area contributed by atoms with E-state index >= 15 is 0 Å². The zero-order valence-corrected chi connectivity index (χ0v) is 14.7. The average Bonchev–Trinajstić information content (AvgIpc) is 2.62. The molecule has 0 saturated heterocycles. The van der Waals surface area contributed by atoms with E-state index in [1.54, 1.807) is 42.0 Å². The van der Waals surface area contributed by atoms with Crippen molar-refractivity contribution in [1.82, 2.24) is 9.88 Å². The highest BCUT2D eigenvalue weighted by Gasteiger charge is 2.04. The van der Waals surface area contributed by atoms with Crippen LogP contribution in [0.4, 0.5) is 0 Å². The molecule has 0 radical (unpaired) electrons. The molecule has 6 nitrogen and oxygen atoms in total. The number of methoxy groups -OCH3 is 1. The van der Waals surface area contributed by atoms with E-state index in [0.29, 0.717) is 24.6 Å². The van der Waals surface area contributed by atoms with Crippen LogP contribution in [0.2, 0.25) is 0 Å². The van der Waals surface area contributed by atoms with Crippen molar-refractivity contribution in [2.75, 3.05) is 20.3 Å². The molecule has 0 aliphatic carbocycles. The number of rotatable bonds is 9. The van der Waals surface area contributed by atoms with Gasteiger partial charge in [0.25, 0.3) is 11.5 Å². The van der Waals surface area contributed by atoms with Crippen molar-refractivity contribution in [3.8, 4) is 11.5 Å². The molecule has 0 saturated carbocycles. The second-order valence-corrected chi connectivity index (χ2v) is 5.68. The topological polar surface area (TPSA) is 69.6 Å². The van der Waals surface area contributed by atoms with Crippen LogP contribution >= 0.6 is 0 Å². The van der Waals surface area contributed by atoms with E-state index in [9.17, 15) is 9.59 Å². The first-order chi connectivity index (χ1) is 12.1. The fourth-order valence-electron chi connectivity index (χ4n) is 2.42. The zero-order valence-electron chi connectivity index (χ0n) is 14.7. The molecule has 6 heteroatoms. The Labute approximate surface area is 147 Å². The highest BCUT2D eigenvalue weighted by atomic mass is 16.5. The summed E-state index contributed by atoms with van der Waals surface area (Å²) in [4.78, 5) is 23.5. The van der Waals surface area contributed by atoms with Gasteiger partial charge in [0.2, 0.25) is 0 Å². The van der Waals surface area contributed by atoms with Gasteiger partial charge in [0, 0.05) is 30.9 Å². The van der Waals surface area contributed by atoms with Crippen molar-refractivity contribution < 1.29 is 14.3 Å². The summed E-state index contributed by atoms with van der Waals surface area (Å²) in [6.45, 7) is 3.09. The molecular formula is C19H24N2O4. The third-order valence-corrected chi connectivity index (χ3v) is 3.81. The molecule has 1 aromatic heterocycles. The van der Waals surface area contributed by atoms with Crippen molar-refractivity contribution in [2.45, 2.75) is 26.3 Å². The Morgan fingerprint density at radius 3 is 2.64 bits per heavy atom. The number of benzene rings is 1. The Balaban J connectivity index is 1.64. The molecule has 1 aromatic carbocycles. The molecule has 0 fully saturated rings. The molecular weight excluding hydrogens is 320 g/mol. The molecule has 1 amide bonds. The Morgan fingerprint density at radius 2 is 1.88 bits per heavy atom. The normalized spacial score (nSPS) is 10.3. The van der Waals surface area contributed by atoms with Crippen LogP contribution in [0.1, 0.15) is 18.5 Å². The smallest absolute Gasteiger partial charge is 0.257 e. The molecule has 0 spiro atoms. The fourth-order valence-corrected chi connectivity index (χ4v) is 2.42. The van der Waals surface area contributed by atoms with Gasteiger partial charge in [-0.15, -0.1) is 0 Å². The van der Waals surface area contributed by atoms with Crippen molar-refractivity contribution in [2.24, 2.45) is 0 Å². The number of carbonyl (C=O) groups excluding carboxylic acids is 1. The summed E-state index contributed by atoms with van der Waals surface area (Å²) in [6, 6.07) is 12.4. The number of unbranched alkanes of at least 4 members (excludes halogenated alkanes) is 1. The number of carbonyl (C=O) groups is 1. The van der Waals surface area contributed by atoms with E-state index in [-0.39, 0.29) is 18.1 Å². The number of amides is 1. The number of aryl methyl sites for hydroxylation is 1. The standard InChI is InChI=1S/C19H24N2O4/c1-15-7-5-10-19(23)21(15)12-4-3-11-20-18(22)14-25-17-9-6-8-16(13-17)24-2/h5-10,13H,3-4,11-12,14H2,1-2H3,(H,20,22). The molecule has 2 aromatic rings. The minimum absolute atomic E-state index is 0.00993. The van der Waals surface area contributed by atoms with Crippen LogP contribution in [-0.2, 0) is 11.3 Å². The van der Waals surface area contributed by atoms with Gasteiger partial charge in [-0.1, -0.05) is 12.1 Å². The molecule has 0 aliphatic heterocycles. The summed E-state index contributed by atoms with van der Waals surface area (Å²) >= 11 is 0. The predicted molar refractivity (Wildman–Crippen MR) is 96.2 cm³/mol. The first-order valence-corrected chi connectivity index (χ1v) is 8.30. The highest BCUT2D eigenvalue weighted by molar-refractivity contribution is 5.77. The molecule has 1 heterocycles. The van der Waals surface area contributed by atoms with E-state index in [0.717, 1.165) is 18.5 Å². The third-order valence-electron chi connectivity index (χ3n) is 3.81. The Bertz CT molecular complexity index is 755. The van der Waals surface area contributed by atoms with Gasteiger partial charge in [0.05, 0.1) is 7.11 Å². The fraction of sp³-hybridized carbons (Fsp3) is 0.368. The van der Waals surface area contributed by atoms with Gasteiger partial charge in [0.15, 0.2) is 6.61 Å². The van der Waals surface area contributed by atoms with Gasteiger partial charge in [-0.25, -0.2) is 0 Å². The SMILES string of the molecule is COc1cccc(OCC(=O)NCCCCn2c(C)cccc2=O)c1. The monoisotopic (exact) mass is 344 g/mol. The van der Waals surface area contributed by atoms with Gasteiger partial charge in [0.1, 0.15) is 11.5 Å². The van der Waals surface area contributed by atoms with E-state index in [1.165, 1.54) is 0 Å². The van der Waals surface area contributed by atoms with Gasteiger partial charge in [-0.05, 0) is 38.0 Å². The highest BCUT2D eigenvalue weighted by Crippen LogP contribution is 2.18. The molecule has 0 bridgehead atoms. The lowest BCUT2D eigenvalue weighted by atomic mass is 10.2. The van der Waals surface area contributed by atoms with Crippen molar-refractivity contribution in [3.63, 3.8) is 0 Å². The summed E-state index contributed by atoms with van der Waals surface area (Å²) in [6.07, 6.45) is 1.62. The third kappa shape index (κ3) is 5.99. The molecule has 1 N–H and O–H groups in total. The number of hydrogen-bond donors (Lipinski definition) is 1. The molecule has 0 aliphatic rings. The Kier molecular flexibility index (Phi) is 7.07. The van der Waals surface area contributed by atoms with E-state index in [2.05, 4.69) is 5.32 Å². The van der Waals surface area contributed by atoms with Crippen molar-refractivity contribution in [1.29, 1.82) is 0 Å². The number of nitrogens with one attached hydrogen (secondary N) is 1. The van der Waals surface area contributed by atoms with Crippen LogP contribution in [0.3, 0.4) is 0 Å². The molecule has 134 valence electrons. The van der Waals surface area contributed by atoms with Gasteiger partial charge < -0.3 is 19.4 Å². The minimum atomic E-state index is -0.170. The number of ether oxygens (including phenoxy) is 2. The lowest BCUT2D eigenvalue weighted by Crippen LogP contribution is -2.30. The molecule has 0 atom stereocenters. The first-order valence-electron chi connectivity index (χ1n) is 8.30. The minimum Gasteiger partial charge on any atom is -0.497 e. The second-order valence-electron chi connectivity index (χ2n) is 5.68. The van der Waals surface area contributed by atoms with Crippen LogP contribution in [0, 0.1) is 6.92 Å². The van der Waals surface area contributed by atoms with E-state index in [1.807, 2.05) is 19.1 Å². The molecule has 25 heavy (non-hydrogen) atoms. The first kappa shape index (κ1) is 18.6. The van der Waals surface area contributed by atoms with Crippen LogP contribution in [0.25, 0.3) is 0 Å². The maximum absolute atomic E-state index is 11.8. The summed E-state index contributed by atoms with van der Waals surface area (Å²) in [7, 11) is 1.58. The van der Waals surface area contributed by atoms with Crippen molar-refractivity contribution >= 4 is 5.91 Å². The summed E-state index contributed by atoms with van der Waals surface area (Å²) in [5.74, 6) is 1.11. The van der Waals surface area contributed by atoms with Crippen LogP contribution in [-0.4, -0.2) is 30.7 Å². The van der Waals surface area contributed by atoms with Gasteiger partial charge in [-0.3, -0.25) is 9.59 Å². The lowest BCUT2D eigenvalue weighted by molar-refractivity contribution is -0.123. The predicted octanol–water partition coefficient (Wildman–Crippen LogP) is 2.14. The number of aromatic nitrogens is 1. The second kappa shape index (κ2) is 9.52. The maximum Gasteiger partial charge on any atom is 0.257 e. The zero-order chi connectivity index (χ0) is 18.1.